The Labute approximate surface area is 98.0 Å². The van der Waals surface area contributed by atoms with Crippen LogP contribution >= 0.6 is 11.5 Å². The molecule has 0 radical (unpaired) electrons. The standard InChI is InChI=1S/C10H14N4OS/c1-7-3-4-8(15-7)5-14(2)6-9-10(11)16-13-12-9/h3-4H,5-6,11H2,1-2H3. The summed E-state index contributed by atoms with van der Waals surface area (Å²) in [5.41, 5.74) is 6.56. The summed E-state index contributed by atoms with van der Waals surface area (Å²) >= 11 is 1.22. The molecule has 2 N–H and O–H groups in total. The molecule has 0 unspecified atom stereocenters. The first-order valence-electron chi connectivity index (χ1n) is 4.95. The van der Waals surface area contributed by atoms with E-state index in [9.17, 15) is 0 Å². The van der Waals surface area contributed by atoms with Gasteiger partial charge in [-0.2, -0.15) is 0 Å². The third-order valence-electron chi connectivity index (χ3n) is 2.23. The Morgan fingerprint density at radius 2 is 2.25 bits per heavy atom. The lowest BCUT2D eigenvalue weighted by Gasteiger charge is -2.13. The zero-order chi connectivity index (χ0) is 11.5. The Bertz CT molecular complexity index is 465. The Balaban J connectivity index is 1.94. The van der Waals surface area contributed by atoms with E-state index < -0.39 is 0 Å². The summed E-state index contributed by atoms with van der Waals surface area (Å²) in [5, 5.41) is 4.66. The summed E-state index contributed by atoms with van der Waals surface area (Å²) < 4.78 is 9.30. The Hall–Kier alpha value is -1.40. The molecule has 2 heterocycles. The minimum atomic E-state index is 0.683. The average molecular weight is 238 g/mol. The van der Waals surface area contributed by atoms with Gasteiger partial charge in [-0.25, -0.2) is 0 Å². The quantitative estimate of drug-likeness (QED) is 0.877. The minimum Gasteiger partial charge on any atom is -0.465 e. The van der Waals surface area contributed by atoms with Crippen LogP contribution in [0.4, 0.5) is 5.00 Å². The molecule has 0 saturated heterocycles. The van der Waals surface area contributed by atoms with Crippen molar-refractivity contribution in [3.05, 3.63) is 29.3 Å². The van der Waals surface area contributed by atoms with Crippen molar-refractivity contribution < 1.29 is 4.42 Å². The van der Waals surface area contributed by atoms with Crippen LogP contribution in [0.25, 0.3) is 0 Å². The average Bonchev–Trinajstić information content (AvgIpc) is 2.77. The largest absolute Gasteiger partial charge is 0.465 e. The predicted molar refractivity (Wildman–Crippen MR) is 62.9 cm³/mol. The lowest BCUT2D eigenvalue weighted by Crippen LogP contribution is -2.17. The van der Waals surface area contributed by atoms with Crippen LogP contribution in [0.3, 0.4) is 0 Å². The number of furan rings is 1. The number of nitrogens with two attached hydrogens (primary N) is 1. The molecular weight excluding hydrogens is 224 g/mol. The highest BCUT2D eigenvalue weighted by Crippen LogP contribution is 2.16. The molecule has 2 aromatic rings. The SMILES string of the molecule is Cc1ccc(CN(C)Cc2nnsc2N)o1. The molecule has 0 bridgehead atoms. The molecule has 5 nitrogen and oxygen atoms in total. The topological polar surface area (TPSA) is 68.2 Å². The van der Waals surface area contributed by atoms with Gasteiger partial charge in [0.05, 0.1) is 6.54 Å². The molecule has 2 rings (SSSR count). The number of nitrogen functional groups attached to an aromatic ring is 1. The summed E-state index contributed by atoms with van der Waals surface area (Å²) in [7, 11) is 2.00. The number of hydrogen-bond donors (Lipinski definition) is 1. The molecule has 0 aliphatic rings. The van der Waals surface area contributed by atoms with Crippen LogP contribution < -0.4 is 5.73 Å². The van der Waals surface area contributed by atoms with Crippen molar-refractivity contribution >= 4 is 16.5 Å². The molecule has 0 atom stereocenters. The molecule has 86 valence electrons. The van der Waals surface area contributed by atoms with Crippen LogP contribution in [0, 0.1) is 6.92 Å². The van der Waals surface area contributed by atoms with E-state index in [-0.39, 0.29) is 0 Å². The fourth-order valence-corrected chi connectivity index (χ4v) is 1.91. The summed E-state index contributed by atoms with van der Waals surface area (Å²) in [6.45, 7) is 3.36. The summed E-state index contributed by atoms with van der Waals surface area (Å²) in [5.74, 6) is 1.87. The van der Waals surface area contributed by atoms with Gasteiger partial charge < -0.3 is 10.2 Å². The van der Waals surface area contributed by atoms with Crippen LogP contribution in [0.2, 0.25) is 0 Å². The second-order valence-corrected chi connectivity index (χ2v) is 4.55. The molecule has 0 saturated carbocycles. The summed E-state index contributed by atoms with van der Waals surface area (Å²) in [6.07, 6.45) is 0. The van der Waals surface area contributed by atoms with E-state index in [1.165, 1.54) is 11.5 Å². The van der Waals surface area contributed by atoms with Crippen molar-refractivity contribution in [2.24, 2.45) is 0 Å². The van der Waals surface area contributed by atoms with Crippen molar-refractivity contribution in [1.29, 1.82) is 0 Å². The Morgan fingerprint density at radius 3 is 2.81 bits per heavy atom. The van der Waals surface area contributed by atoms with Crippen molar-refractivity contribution in [2.75, 3.05) is 12.8 Å². The maximum absolute atomic E-state index is 5.73. The van der Waals surface area contributed by atoms with Gasteiger partial charge in [0.2, 0.25) is 0 Å². The fourth-order valence-electron chi connectivity index (χ4n) is 1.47. The smallest absolute Gasteiger partial charge is 0.132 e. The van der Waals surface area contributed by atoms with Crippen LogP contribution in [0.5, 0.6) is 0 Å². The second-order valence-electron chi connectivity index (χ2n) is 3.77. The van der Waals surface area contributed by atoms with E-state index in [2.05, 4.69) is 14.5 Å². The van der Waals surface area contributed by atoms with Crippen LogP contribution in [0.1, 0.15) is 17.2 Å². The fraction of sp³-hybridized carbons (Fsp3) is 0.400. The van der Waals surface area contributed by atoms with Crippen LogP contribution in [0.15, 0.2) is 16.5 Å². The molecule has 0 aliphatic heterocycles. The molecule has 16 heavy (non-hydrogen) atoms. The number of aromatic nitrogens is 2. The zero-order valence-corrected chi connectivity index (χ0v) is 10.1. The molecular formula is C10H14N4OS. The van der Waals surface area contributed by atoms with Gasteiger partial charge in [-0.05, 0) is 26.1 Å². The number of anilines is 1. The van der Waals surface area contributed by atoms with E-state index in [4.69, 9.17) is 10.2 Å². The second kappa shape index (κ2) is 4.63. The Morgan fingerprint density at radius 1 is 1.44 bits per heavy atom. The van der Waals surface area contributed by atoms with Gasteiger partial charge >= 0.3 is 0 Å². The Kier molecular flexibility index (Phi) is 3.21. The van der Waals surface area contributed by atoms with Gasteiger partial charge in [-0.15, -0.1) is 5.10 Å². The maximum atomic E-state index is 5.73. The molecule has 0 fully saturated rings. The van der Waals surface area contributed by atoms with Gasteiger partial charge in [0.1, 0.15) is 22.2 Å². The molecule has 0 amide bonds. The van der Waals surface area contributed by atoms with Gasteiger partial charge in [0, 0.05) is 18.1 Å². The number of nitrogens with zero attached hydrogens (tertiary/aromatic N) is 3. The van der Waals surface area contributed by atoms with E-state index in [0.29, 0.717) is 11.5 Å². The number of aryl methyl sites for hydroxylation is 1. The van der Waals surface area contributed by atoms with Gasteiger partial charge in [0.25, 0.3) is 0 Å². The normalized spacial score (nSPS) is 11.2. The van der Waals surface area contributed by atoms with E-state index in [1.54, 1.807) is 0 Å². The third-order valence-corrected chi connectivity index (χ3v) is 2.82. The highest BCUT2D eigenvalue weighted by Gasteiger charge is 2.09. The van der Waals surface area contributed by atoms with Crippen LogP contribution in [-0.2, 0) is 13.1 Å². The third kappa shape index (κ3) is 2.59. The first kappa shape index (κ1) is 11.1. The minimum absolute atomic E-state index is 0.683. The highest BCUT2D eigenvalue weighted by atomic mass is 32.1. The number of rotatable bonds is 4. The first-order chi connectivity index (χ1) is 7.65. The molecule has 0 aliphatic carbocycles. The molecule has 6 heteroatoms. The highest BCUT2D eigenvalue weighted by molar-refractivity contribution is 7.09. The number of hydrogen-bond acceptors (Lipinski definition) is 6. The van der Waals surface area contributed by atoms with E-state index in [0.717, 1.165) is 23.8 Å². The lowest BCUT2D eigenvalue weighted by molar-refractivity contribution is 0.282. The van der Waals surface area contributed by atoms with Crippen molar-refractivity contribution in [3.8, 4) is 0 Å². The summed E-state index contributed by atoms with van der Waals surface area (Å²) in [4.78, 5) is 2.09. The first-order valence-corrected chi connectivity index (χ1v) is 5.73. The van der Waals surface area contributed by atoms with Crippen molar-refractivity contribution in [2.45, 2.75) is 20.0 Å². The summed E-state index contributed by atoms with van der Waals surface area (Å²) in [6, 6.07) is 3.94. The zero-order valence-electron chi connectivity index (χ0n) is 9.30. The van der Waals surface area contributed by atoms with Gasteiger partial charge in [0.15, 0.2) is 0 Å². The monoisotopic (exact) mass is 238 g/mol. The maximum Gasteiger partial charge on any atom is 0.132 e. The van der Waals surface area contributed by atoms with Gasteiger partial charge in [-0.3, -0.25) is 4.90 Å². The lowest BCUT2D eigenvalue weighted by atomic mass is 10.3. The molecule has 2 aromatic heterocycles. The van der Waals surface area contributed by atoms with Crippen LogP contribution in [-0.4, -0.2) is 21.5 Å². The van der Waals surface area contributed by atoms with E-state index in [1.807, 2.05) is 26.1 Å². The molecule has 0 aromatic carbocycles. The van der Waals surface area contributed by atoms with Crippen molar-refractivity contribution in [3.63, 3.8) is 0 Å². The molecule has 0 spiro atoms. The van der Waals surface area contributed by atoms with E-state index >= 15 is 0 Å². The van der Waals surface area contributed by atoms with Crippen molar-refractivity contribution in [1.82, 2.24) is 14.5 Å². The predicted octanol–water partition coefficient (Wildman–Crippen LogP) is 1.65. The van der Waals surface area contributed by atoms with Gasteiger partial charge in [-0.1, -0.05) is 4.49 Å².